The lowest BCUT2D eigenvalue weighted by molar-refractivity contribution is -0.285. The summed E-state index contributed by atoms with van der Waals surface area (Å²) in [6.45, 7) is 12.9. The van der Waals surface area contributed by atoms with Crippen molar-refractivity contribution in [3.8, 4) is 0 Å². The molecule has 0 spiro atoms. The highest BCUT2D eigenvalue weighted by atomic mass is 31.2. The lowest BCUT2D eigenvalue weighted by atomic mass is 9.92. The molecule has 0 saturated carbocycles. The maximum Gasteiger partial charge on any atom is 0.470 e. The van der Waals surface area contributed by atoms with Crippen molar-refractivity contribution in [2.45, 2.75) is 538 Å². The Kier molecular flexibility index (Phi) is 81.5. The number of carbonyl (C=O) groups excluding carboxylic acids is 6. The molecular weight excluding hydrogens is 1490 g/mol. The first-order chi connectivity index (χ1) is 52.6. The molecule has 0 aromatic carbocycles. The van der Waals surface area contributed by atoms with E-state index in [4.69, 9.17) is 37.7 Å². The Balaban J connectivity index is -0.00000672. The molecular formula is C91H183N2O21P. The van der Waals surface area contributed by atoms with Crippen LogP contribution in [0.4, 0.5) is 0 Å². The van der Waals surface area contributed by atoms with Crippen molar-refractivity contribution < 1.29 is 101 Å². The van der Waals surface area contributed by atoms with E-state index in [2.05, 4.69) is 52.2 Å². The number of aliphatic hydroxyl groups is 4. The van der Waals surface area contributed by atoms with Gasteiger partial charge in [0.1, 0.15) is 42.7 Å². The van der Waals surface area contributed by atoms with Gasteiger partial charge in [-0.2, -0.15) is 0 Å². The molecule has 115 heavy (non-hydrogen) atoms. The van der Waals surface area contributed by atoms with E-state index in [9.17, 15) is 63.5 Å². The number of hydrogen-bond acceptors (Lipinski definition) is 19. The fourth-order valence-electron chi connectivity index (χ4n) is 14.9. The zero-order chi connectivity index (χ0) is 80.1. The summed E-state index contributed by atoms with van der Waals surface area (Å²) in [5.41, 5.74) is 0. The minimum absolute atomic E-state index is 0. The van der Waals surface area contributed by atoms with Gasteiger partial charge in [0.05, 0.1) is 63.3 Å². The average Bonchev–Trinajstić information content (AvgIpc) is 0.751. The first-order valence-electron chi connectivity index (χ1n) is 44.3. The molecule has 23 nitrogen and oxygen atoms in total. The number of esters is 4. The third-order valence-corrected chi connectivity index (χ3v) is 21.9. The Hall–Kier alpha value is -3.35. The normalized spacial score (nSPS) is 20.2. The first kappa shape index (κ1) is 120. The highest BCUT2D eigenvalue weighted by molar-refractivity contribution is 7.46. The van der Waals surface area contributed by atoms with Crippen LogP contribution in [0.5, 0.6) is 0 Å². The Bertz CT molecular complexity index is 2340. The number of phosphoric acid groups is 1. The Morgan fingerprint density at radius 2 is 0.704 bits per heavy atom. The maximum absolute atomic E-state index is 15.0. The number of aliphatic hydroxyl groups excluding tert-OH is 4. The minimum atomic E-state index is -5.58. The van der Waals surface area contributed by atoms with Gasteiger partial charge in [-0.05, 0) is 58.3 Å². The molecule has 5 unspecified atom stereocenters. The highest BCUT2D eigenvalue weighted by Crippen LogP contribution is 2.43. The lowest BCUT2D eigenvalue weighted by Crippen LogP contribution is -2.67. The molecule has 2 amide bonds. The second-order valence-electron chi connectivity index (χ2n) is 31.7. The smallest absolute Gasteiger partial charge is 0.462 e. The summed E-state index contributed by atoms with van der Waals surface area (Å²) >= 11 is 0. The first-order valence-corrected chi connectivity index (χ1v) is 45.8. The zero-order valence-corrected chi connectivity index (χ0v) is 70.2. The average molecular weight is 1670 g/mol. The quantitative estimate of drug-likeness (QED) is 0.0121. The summed E-state index contributed by atoms with van der Waals surface area (Å²) in [5, 5.41) is 51.3. The summed E-state index contributed by atoms with van der Waals surface area (Å²) in [6.07, 6.45) is 28.7. The predicted molar refractivity (Wildman–Crippen MR) is 467 cm³/mol. The van der Waals surface area contributed by atoms with E-state index in [0.29, 0.717) is 57.8 Å². The topological polar surface area (TPSA) is 339 Å². The second kappa shape index (κ2) is 77.9. The van der Waals surface area contributed by atoms with Crippen LogP contribution in [0.1, 0.15) is 453 Å². The summed E-state index contributed by atoms with van der Waals surface area (Å²) in [6, 6.07) is -2.95. The fourth-order valence-corrected chi connectivity index (χ4v) is 15.4. The van der Waals surface area contributed by atoms with E-state index < -0.39 is 162 Å². The molecule has 14 atom stereocenters. The molecule has 2 saturated heterocycles. The van der Waals surface area contributed by atoms with Gasteiger partial charge < -0.3 is 74.0 Å². The highest BCUT2D eigenvalue weighted by Gasteiger charge is 2.54. The van der Waals surface area contributed by atoms with Crippen LogP contribution in [0.15, 0.2) is 0 Å². The van der Waals surface area contributed by atoms with Gasteiger partial charge in [0.25, 0.3) is 0 Å². The number of ether oxygens (including phenoxy) is 7. The zero-order valence-electron chi connectivity index (χ0n) is 69.3. The number of unbranched alkanes of at least 4 members (excludes halogenated alkanes) is 40. The molecule has 0 bridgehead atoms. The molecule has 2 aliphatic heterocycles. The maximum atomic E-state index is 15.0. The molecule has 8 N–H and O–H groups in total. The molecule has 2 fully saturated rings. The molecule has 0 aromatic rings. The molecule has 0 aliphatic carbocycles. The van der Waals surface area contributed by atoms with Crippen LogP contribution >= 0.6 is 7.82 Å². The molecule has 0 radical (unpaired) electrons. The van der Waals surface area contributed by atoms with E-state index in [-0.39, 0.29) is 70.2 Å². The number of phosphoric ester groups is 1. The minimum Gasteiger partial charge on any atom is -0.462 e. The van der Waals surface area contributed by atoms with Crippen molar-refractivity contribution >= 4 is 43.5 Å². The SMILES string of the molecule is C.C.C.C.C.C.CCCCCCCCCCCC(=O)O[C@H](CCCCCCCCC)CC(=O)NC1[C@H](OCC2OC(C)C(NC(=O)C[C@H](O)CCCCCCCCC)[C@@H](OC(=O)C[C@H](O)CCCCCCCCC)[C@@H]2O)OC(CO)[C@@H](OP(=O)(O)O)[C@@H]1OC(=O)C[C@@H](CCCCCCCCC)OC(=O)CCCCCCCCCCC. The predicted octanol–water partition coefficient (Wildman–Crippen LogP) is 21.5. The van der Waals surface area contributed by atoms with Gasteiger partial charge in [-0.15, -0.1) is 0 Å². The Morgan fingerprint density at radius 1 is 0.383 bits per heavy atom. The molecule has 688 valence electrons. The van der Waals surface area contributed by atoms with Crippen LogP contribution in [0.3, 0.4) is 0 Å². The van der Waals surface area contributed by atoms with Gasteiger partial charge in [0.15, 0.2) is 18.5 Å². The van der Waals surface area contributed by atoms with Gasteiger partial charge in [-0.1, -0.05) is 356 Å². The van der Waals surface area contributed by atoms with Crippen molar-refractivity contribution in [3.63, 3.8) is 0 Å². The summed E-state index contributed by atoms with van der Waals surface area (Å²) in [7, 11) is -5.58. The Labute approximate surface area is 703 Å². The second-order valence-corrected chi connectivity index (χ2v) is 32.9. The van der Waals surface area contributed by atoms with Crippen molar-refractivity contribution in [2.24, 2.45) is 0 Å². The van der Waals surface area contributed by atoms with Crippen LogP contribution in [0.25, 0.3) is 0 Å². The van der Waals surface area contributed by atoms with Gasteiger partial charge >= 0.3 is 31.7 Å². The van der Waals surface area contributed by atoms with Gasteiger partial charge in [-0.25, -0.2) is 4.57 Å². The summed E-state index contributed by atoms with van der Waals surface area (Å²) in [4.78, 5) is 106. The van der Waals surface area contributed by atoms with E-state index in [1.54, 1.807) is 6.92 Å². The van der Waals surface area contributed by atoms with E-state index in [1.165, 1.54) is 51.4 Å². The van der Waals surface area contributed by atoms with Gasteiger partial charge in [-0.3, -0.25) is 33.3 Å². The van der Waals surface area contributed by atoms with Gasteiger partial charge in [0, 0.05) is 12.8 Å². The number of carbonyl (C=O) groups is 6. The molecule has 2 heterocycles. The number of rotatable bonds is 72. The van der Waals surface area contributed by atoms with Crippen molar-refractivity contribution in [1.29, 1.82) is 0 Å². The van der Waals surface area contributed by atoms with Crippen LogP contribution in [0, 0.1) is 0 Å². The largest absolute Gasteiger partial charge is 0.470 e. The van der Waals surface area contributed by atoms with Crippen LogP contribution in [0.2, 0.25) is 0 Å². The van der Waals surface area contributed by atoms with E-state index in [0.717, 1.165) is 205 Å². The third-order valence-electron chi connectivity index (χ3n) is 21.4. The fraction of sp³-hybridized carbons (Fsp3) is 0.934. The third kappa shape index (κ3) is 60.7. The van der Waals surface area contributed by atoms with Crippen molar-refractivity contribution in [2.75, 3.05) is 13.2 Å². The van der Waals surface area contributed by atoms with Crippen LogP contribution in [-0.2, 0) is 71.0 Å². The van der Waals surface area contributed by atoms with E-state index >= 15 is 0 Å². The molecule has 2 aliphatic rings. The number of hydrogen-bond donors (Lipinski definition) is 8. The Morgan fingerprint density at radius 3 is 1.09 bits per heavy atom. The van der Waals surface area contributed by atoms with Crippen molar-refractivity contribution in [1.82, 2.24) is 10.6 Å². The molecule has 24 heteroatoms. The lowest BCUT2D eigenvalue weighted by Gasteiger charge is -2.47. The van der Waals surface area contributed by atoms with E-state index in [1.807, 2.05) is 0 Å². The number of nitrogens with one attached hydrogen (secondary N) is 2. The van der Waals surface area contributed by atoms with Crippen LogP contribution in [-0.4, -0.2) is 165 Å². The molecule has 0 aromatic heterocycles. The van der Waals surface area contributed by atoms with Crippen LogP contribution < -0.4 is 10.6 Å². The summed E-state index contributed by atoms with van der Waals surface area (Å²) < 4.78 is 62.2. The summed E-state index contributed by atoms with van der Waals surface area (Å²) in [5.74, 6) is -4.21. The van der Waals surface area contributed by atoms with Crippen molar-refractivity contribution in [3.05, 3.63) is 0 Å². The van der Waals surface area contributed by atoms with Gasteiger partial charge in [0.2, 0.25) is 11.8 Å². The molecule has 2 rings (SSSR count). The standard InChI is InChI=1S/C85H159N2O21P.6CH4/c1-8-14-20-26-32-34-40-46-52-58-75(93)103-69(56-50-44-38-30-24-18-12-5)62-74(92)87-80-84(107-78(96)63-70(57-51-45-39-31-25-19-13-6)104-76(94)59-53-47-41-35-33-27-21-15-9-2)82(108-109(98,99)100)71(64-88)105-85(80)101-65-72-81(97)83(106-77(95)61-68(90)55-49-43-37-29-23-17-11-4)79(66(7)102-72)86-73(91)60-67(89)54-48-42-36-28-22-16-10-3;;;;;;/h66-72,79-85,88-90,97H,8-65H2,1-7H3,(H,86,91)(H,87,92)(H2,98,99,100);6*1H4/t66?,67-,68-,69-,70-,71?,72?,79?,80?,81-,82-,83-,84-,85-;;;;;;/m1....../s1. The number of amides is 2. The monoisotopic (exact) mass is 1670 g/mol.